The highest BCUT2D eigenvalue weighted by atomic mass is 32.1. The third-order valence-electron chi connectivity index (χ3n) is 2.18. The van der Waals surface area contributed by atoms with Crippen LogP contribution in [0.5, 0.6) is 0 Å². The molecule has 0 saturated heterocycles. The molecule has 0 radical (unpaired) electrons. The normalized spacial score (nSPS) is 9.47. The second-order valence-electron chi connectivity index (χ2n) is 3.66. The van der Waals surface area contributed by atoms with Crippen molar-refractivity contribution in [3.8, 4) is 0 Å². The number of carbonyl (C=O) groups is 2. The van der Waals surface area contributed by atoms with Crippen LogP contribution < -0.4 is 16.0 Å². The monoisotopic (exact) mass is 281 g/mol. The molecule has 0 saturated carbocycles. The Bertz CT molecular complexity index is 451. The second kappa shape index (κ2) is 8.04. The number of nitrogens with one attached hydrogen (secondary N) is 3. The smallest absolute Gasteiger partial charge is 0.404 e. The molecular formula is C12H15N3O3S. The molecule has 102 valence electrons. The van der Waals surface area contributed by atoms with E-state index < -0.39 is 6.09 Å². The first-order valence-electron chi connectivity index (χ1n) is 5.70. The third kappa shape index (κ3) is 6.37. The number of benzene rings is 1. The van der Waals surface area contributed by atoms with Gasteiger partial charge in [0.25, 0.3) is 5.91 Å². The summed E-state index contributed by atoms with van der Waals surface area (Å²) in [5.74, 6) is -0.276. The summed E-state index contributed by atoms with van der Waals surface area (Å²) in [6.45, 7) is 0.811. The standard InChI is InChI=1S/C12H15N3O3S/c16-10(9-5-2-1-3-6-9)15-11(19)13-7-4-8-14-12(17)18/h1-3,5-6,14H,4,7-8H2,(H,17,18)(H2,13,15,16,19). The predicted molar refractivity (Wildman–Crippen MR) is 75.2 cm³/mol. The Kier molecular flexibility index (Phi) is 6.31. The van der Waals surface area contributed by atoms with Crippen LogP contribution in [0.1, 0.15) is 16.8 Å². The summed E-state index contributed by atoms with van der Waals surface area (Å²) in [4.78, 5) is 21.9. The fourth-order valence-corrected chi connectivity index (χ4v) is 1.49. The zero-order chi connectivity index (χ0) is 14.1. The fourth-order valence-electron chi connectivity index (χ4n) is 1.29. The number of hydrogen-bond acceptors (Lipinski definition) is 3. The molecule has 0 aliphatic heterocycles. The molecule has 4 N–H and O–H groups in total. The average Bonchev–Trinajstić information content (AvgIpc) is 2.39. The lowest BCUT2D eigenvalue weighted by Gasteiger charge is -2.09. The maximum Gasteiger partial charge on any atom is 0.404 e. The van der Waals surface area contributed by atoms with Crippen LogP contribution in [0.2, 0.25) is 0 Å². The van der Waals surface area contributed by atoms with Crippen molar-refractivity contribution in [1.29, 1.82) is 0 Å². The number of carbonyl (C=O) groups excluding carboxylic acids is 1. The van der Waals surface area contributed by atoms with Gasteiger partial charge in [0.15, 0.2) is 5.11 Å². The molecule has 0 aliphatic rings. The summed E-state index contributed by atoms with van der Waals surface area (Å²) in [6.07, 6.45) is -0.479. The van der Waals surface area contributed by atoms with Crippen molar-refractivity contribution < 1.29 is 14.7 Å². The summed E-state index contributed by atoms with van der Waals surface area (Å²) in [5, 5.41) is 16.2. The highest BCUT2D eigenvalue weighted by molar-refractivity contribution is 7.80. The van der Waals surface area contributed by atoms with E-state index in [-0.39, 0.29) is 11.0 Å². The summed E-state index contributed by atoms with van der Waals surface area (Å²) in [6, 6.07) is 8.73. The minimum absolute atomic E-state index is 0.226. The van der Waals surface area contributed by atoms with Crippen molar-refractivity contribution in [3.05, 3.63) is 35.9 Å². The SMILES string of the molecule is O=C(O)NCCCNC(=S)NC(=O)c1ccccc1. The lowest BCUT2D eigenvalue weighted by atomic mass is 10.2. The molecule has 2 amide bonds. The second-order valence-corrected chi connectivity index (χ2v) is 4.07. The van der Waals surface area contributed by atoms with Crippen molar-refractivity contribution in [1.82, 2.24) is 16.0 Å². The van der Waals surface area contributed by atoms with Crippen LogP contribution in [0.4, 0.5) is 4.79 Å². The summed E-state index contributed by atoms with van der Waals surface area (Å²) in [5.41, 5.74) is 0.527. The Morgan fingerprint density at radius 2 is 1.74 bits per heavy atom. The van der Waals surface area contributed by atoms with Gasteiger partial charge < -0.3 is 15.7 Å². The average molecular weight is 281 g/mol. The Balaban J connectivity index is 2.21. The number of amides is 2. The van der Waals surface area contributed by atoms with Gasteiger partial charge in [-0.15, -0.1) is 0 Å². The first kappa shape index (κ1) is 14.9. The molecule has 0 heterocycles. The highest BCUT2D eigenvalue weighted by Crippen LogP contribution is 1.97. The van der Waals surface area contributed by atoms with Gasteiger partial charge in [0.05, 0.1) is 0 Å². The quantitative estimate of drug-likeness (QED) is 0.476. The molecule has 6 nitrogen and oxygen atoms in total. The van der Waals surface area contributed by atoms with E-state index in [2.05, 4.69) is 16.0 Å². The van der Waals surface area contributed by atoms with Gasteiger partial charge in [-0.05, 0) is 30.8 Å². The van der Waals surface area contributed by atoms with E-state index in [1.165, 1.54) is 0 Å². The van der Waals surface area contributed by atoms with E-state index >= 15 is 0 Å². The molecule has 0 unspecified atom stereocenters. The molecule has 1 rings (SSSR count). The van der Waals surface area contributed by atoms with Crippen molar-refractivity contribution in [3.63, 3.8) is 0 Å². The maximum absolute atomic E-state index is 11.7. The number of carboxylic acid groups (broad SMARTS) is 1. The zero-order valence-corrected chi connectivity index (χ0v) is 11.0. The molecule has 0 aliphatic carbocycles. The first-order valence-corrected chi connectivity index (χ1v) is 6.11. The van der Waals surface area contributed by atoms with Crippen LogP contribution in [0.25, 0.3) is 0 Å². The molecule has 1 aromatic carbocycles. The maximum atomic E-state index is 11.7. The number of thiocarbonyl (C=S) groups is 1. The van der Waals surface area contributed by atoms with Crippen LogP contribution in [-0.4, -0.2) is 35.3 Å². The molecule has 0 fully saturated rings. The van der Waals surface area contributed by atoms with Gasteiger partial charge in [0, 0.05) is 18.7 Å². The minimum Gasteiger partial charge on any atom is -0.465 e. The van der Waals surface area contributed by atoms with Crippen LogP contribution >= 0.6 is 12.2 Å². The Labute approximate surface area is 116 Å². The van der Waals surface area contributed by atoms with Gasteiger partial charge in [0.1, 0.15) is 0 Å². The third-order valence-corrected chi connectivity index (χ3v) is 2.42. The summed E-state index contributed by atoms with van der Waals surface area (Å²) >= 11 is 4.95. The van der Waals surface area contributed by atoms with E-state index in [0.717, 1.165) is 0 Å². The fraction of sp³-hybridized carbons (Fsp3) is 0.250. The van der Waals surface area contributed by atoms with Crippen molar-refractivity contribution in [2.45, 2.75) is 6.42 Å². The number of rotatable bonds is 5. The van der Waals surface area contributed by atoms with E-state index in [1.54, 1.807) is 24.3 Å². The van der Waals surface area contributed by atoms with Crippen LogP contribution in [0, 0.1) is 0 Å². The first-order chi connectivity index (χ1) is 9.09. The topological polar surface area (TPSA) is 90.5 Å². The summed E-state index contributed by atoms with van der Waals surface area (Å²) < 4.78 is 0. The Morgan fingerprint density at radius 3 is 2.37 bits per heavy atom. The summed E-state index contributed by atoms with van der Waals surface area (Å²) in [7, 11) is 0. The zero-order valence-electron chi connectivity index (χ0n) is 10.2. The molecule has 7 heteroatoms. The van der Waals surface area contributed by atoms with E-state index in [0.29, 0.717) is 25.1 Å². The lowest BCUT2D eigenvalue weighted by Crippen LogP contribution is -2.40. The molecule has 1 aromatic rings. The van der Waals surface area contributed by atoms with Gasteiger partial charge in [-0.3, -0.25) is 10.1 Å². The molecule has 0 bridgehead atoms. The lowest BCUT2D eigenvalue weighted by molar-refractivity contribution is 0.0976. The van der Waals surface area contributed by atoms with Crippen LogP contribution in [-0.2, 0) is 0 Å². The Hall–Kier alpha value is -2.15. The van der Waals surface area contributed by atoms with Crippen LogP contribution in [0.3, 0.4) is 0 Å². The minimum atomic E-state index is -1.06. The van der Waals surface area contributed by atoms with Gasteiger partial charge in [-0.25, -0.2) is 4.79 Å². The van der Waals surface area contributed by atoms with Crippen LogP contribution in [0.15, 0.2) is 30.3 Å². The molecule has 0 spiro atoms. The molecular weight excluding hydrogens is 266 g/mol. The van der Waals surface area contributed by atoms with Gasteiger partial charge in [0.2, 0.25) is 0 Å². The number of hydrogen-bond donors (Lipinski definition) is 4. The van der Waals surface area contributed by atoms with Gasteiger partial charge >= 0.3 is 6.09 Å². The van der Waals surface area contributed by atoms with E-state index in [9.17, 15) is 9.59 Å². The largest absolute Gasteiger partial charge is 0.465 e. The van der Waals surface area contributed by atoms with Crippen molar-refractivity contribution >= 4 is 29.3 Å². The van der Waals surface area contributed by atoms with Gasteiger partial charge in [-0.1, -0.05) is 18.2 Å². The van der Waals surface area contributed by atoms with E-state index in [1.807, 2.05) is 6.07 Å². The predicted octanol–water partition coefficient (Wildman–Crippen LogP) is 0.949. The molecule has 0 aromatic heterocycles. The molecule has 0 atom stereocenters. The van der Waals surface area contributed by atoms with Crippen molar-refractivity contribution in [2.24, 2.45) is 0 Å². The highest BCUT2D eigenvalue weighted by Gasteiger charge is 2.06. The van der Waals surface area contributed by atoms with Gasteiger partial charge in [-0.2, -0.15) is 0 Å². The Morgan fingerprint density at radius 1 is 1.11 bits per heavy atom. The molecule has 19 heavy (non-hydrogen) atoms. The van der Waals surface area contributed by atoms with Crippen molar-refractivity contribution in [2.75, 3.05) is 13.1 Å². The van der Waals surface area contributed by atoms with E-state index in [4.69, 9.17) is 17.3 Å².